The molecule has 0 bridgehead atoms. The average Bonchev–Trinajstić information content (AvgIpc) is 3.13. The van der Waals surface area contributed by atoms with Gasteiger partial charge in [-0.1, -0.05) is 0 Å². The molecule has 1 aromatic rings. The van der Waals surface area contributed by atoms with Gasteiger partial charge in [-0.2, -0.15) is 0 Å². The Bertz CT molecular complexity index is 511. The van der Waals surface area contributed by atoms with Crippen molar-refractivity contribution in [3.05, 3.63) is 21.9 Å². The molecule has 1 aliphatic carbocycles. The number of hydrogen-bond acceptors (Lipinski definition) is 3. The number of carboxylic acids is 1. The van der Waals surface area contributed by atoms with Gasteiger partial charge in [-0.15, -0.1) is 0 Å². The number of benzene rings is 1. The third-order valence-electron chi connectivity index (χ3n) is 3.21. The minimum Gasteiger partial charge on any atom is -0.492 e. The van der Waals surface area contributed by atoms with Crippen LogP contribution in [0.15, 0.2) is 10.5 Å². The van der Waals surface area contributed by atoms with E-state index in [9.17, 15) is 14.3 Å². The summed E-state index contributed by atoms with van der Waals surface area (Å²) in [5.41, 5.74) is -0.530. The first kappa shape index (κ1) is 13.1. The molecule has 1 saturated carbocycles. The number of methoxy groups -OCH3 is 2. The van der Waals surface area contributed by atoms with Crippen LogP contribution in [0.25, 0.3) is 0 Å². The van der Waals surface area contributed by atoms with Crippen molar-refractivity contribution in [1.29, 1.82) is 0 Å². The Balaban J connectivity index is 2.68. The van der Waals surface area contributed by atoms with Gasteiger partial charge in [-0.05, 0) is 34.8 Å². The molecular weight excluding hydrogens is 307 g/mol. The summed E-state index contributed by atoms with van der Waals surface area (Å²) in [5.74, 6) is -1.45. The number of halogens is 2. The lowest BCUT2D eigenvalue weighted by molar-refractivity contribution is -0.140. The van der Waals surface area contributed by atoms with Crippen LogP contribution in [0.1, 0.15) is 18.4 Å². The van der Waals surface area contributed by atoms with E-state index in [0.717, 1.165) is 0 Å². The summed E-state index contributed by atoms with van der Waals surface area (Å²) < 4.78 is 24.1. The van der Waals surface area contributed by atoms with E-state index in [1.165, 1.54) is 20.3 Å². The zero-order chi connectivity index (χ0) is 13.5. The van der Waals surface area contributed by atoms with Gasteiger partial charge in [0.2, 0.25) is 0 Å². The zero-order valence-corrected chi connectivity index (χ0v) is 11.5. The molecule has 0 saturated heterocycles. The molecule has 0 radical (unpaired) electrons. The molecule has 1 fully saturated rings. The highest BCUT2D eigenvalue weighted by atomic mass is 79.9. The molecule has 4 nitrogen and oxygen atoms in total. The lowest BCUT2D eigenvalue weighted by Crippen LogP contribution is -2.21. The number of ether oxygens (including phenoxy) is 2. The van der Waals surface area contributed by atoms with E-state index >= 15 is 0 Å². The summed E-state index contributed by atoms with van der Waals surface area (Å²) in [6.45, 7) is 0. The average molecular weight is 319 g/mol. The van der Waals surface area contributed by atoms with Gasteiger partial charge in [0.05, 0.1) is 24.1 Å². The Morgan fingerprint density at radius 1 is 1.39 bits per heavy atom. The van der Waals surface area contributed by atoms with Gasteiger partial charge >= 0.3 is 5.97 Å². The third kappa shape index (κ3) is 1.75. The van der Waals surface area contributed by atoms with Gasteiger partial charge in [0.1, 0.15) is 0 Å². The standard InChI is InChI=1S/C12H12BrFO4/c1-17-9-6(12(3-4-12)11(15)16)5-7(13)8(14)10(9)18-2/h5H,3-4H2,1-2H3,(H,15,16). The van der Waals surface area contributed by atoms with E-state index in [-0.39, 0.29) is 16.0 Å². The Morgan fingerprint density at radius 3 is 2.33 bits per heavy atom. The van der Waals surface area contributed by atoms with Crippen molar-refractivity contribution < 1.29 is 23.8 Å². The highest BCUT2D eigenvalue weighted by Gasteiger charge is 2.54. The summed E-state index contributed by atoms with van der Waals surface area (Å²) in [7, 11) is 2.68. The Labute approximate surface area is 112 Å². The summed E-state index contributed by atoms with van der Waals surface area (Å²) in [4.78, 5) is 11.3. The van der Waals surface area contributed by atoms with Gasteiger partial charge in [0, 0.05) is 5.56 Å². The van der Waals surface area contributed by atoms with Crippen LogP contribution in [0.4, 0.5) is 4.39 Å². The molecule has 0 amide bonds. The van der Waals surface area contributed by atoms with Gasteiger partial charge < -0.3 is 14.6 Å². The van der Waals surface area contributed by atoms with Crippen LogP contribution in [-0.4, -0.2) is 25.3 Å². The second-order valence-corrected chi connectivity index (χ2v) is 5.03. The number of carboxylic acid groups (broad SMARTS) is 1. The number of hydrogen-bond donors (Lipinski definition) is 1. The van der Waals surface area contributed by atoms with E-state index in [2.05, 4.69) is 15.9 Å². The molecule has 1 aromatic carbocycles. The van der Waals surface area contributed by atoms with E-state index in [1.807, 2.05) is 0 Å². The van der Waals surface area contributed by atoms with Crippen LogP contribution < -0.4 is 9.47 Å². The third-order valence-corrected chi connectivity index (χ3v) is 3.79. The molecule has 0 unspecified atom stereocenters. The van der Waals surface area contributed by atoms with Crippen LogP contribution in [0.5, 0.6) is 11.5 Å². The van der Waals surface area contributed by atoms with Crippen molar-refractivity contribution in [3.63, 3.8) is 0 Å². The maximum atomic E-state index is 13.8. The predicted octanol–water partition coefficient (Wildman–Crippen LogP) is 2.72. The topological polar surface area (TPSA) is 55.8 Å². The van der Waals surface area contributed by atoms with Crippen LogP contribution in [0.2, 0.25) is 0 Å². The summed E-state index contributed by atoms with van der Waals surface area (Å²) in [6, 6.07) is 1.46. The Hall–Kier alpha value is -1.30. The van der Waals surface area contributed by atoms with E-state index in [1.54, 1.807) is 0 Å². The quantitative estimate of drug-likeness (QED) is 0.927. The first-order chi connectivity index (χ1) is 8.47. The van der Waals surface area contributed by atoms with E-state index in [4.69, 9.17) is 9.47 Å². The Kier molecular flexibility index (Phi) is 3.23. The van der Waals surface area contributed by atoms with E-state index in [0.29, 0.717) is 18.4 Å². The largest absolute Gasteiger partial charge is 0.492 e. The van der Waals surface area contributed by atoms with Crippen LogP contribution in [-0.2, 0) is 10.2 Å². The molecule has 6 heteroatoms. The first-order valence-electron chi connectivity index (χ1n) is 5.31. The van der Waals surface area contributed by atoms with Crippen LogP contribution >= 0.6 is 15.9 Å². The van der Waals surface area contributed by atoms with Gasteiger partial charge in [0.15, 0.2) is 17.3 Å². The van der Waals surface area contributed by atoms with Gasteiger partial charge in [-0.3, -0.25) is 4.79 Å². The molecule has 0 aliphatic heterocycles. The fourth-order valence-electron chi connectivity index (χ4n) is 2.05. The molecule has 2 rings (SSSR count). The highest BCUT2D eigenvalue weighted by Crippen LogP contribution is 2.54. The van der Waals surface area contributed by atoms with Crippen LogP contribution in [0.3, 0.4) is 0 Å². The minimum absolute atomic E-state index is 0.0746. The summed E-state index contributed by atoms with van der Waals surface area (Å²) in [5, 5.41) is 9.30. The van der Waals surface area contributed by atoms with Crippen molar-refractivity contribution in [1.82, 2.24) is 0 Å². The smallest absolute Gasteiger partial charge is 0.314 e. The van der Waals surface area contributed by atoms with Gasteiger partial charge in [-0.25, -0.2) is 4.39 Å². The molecule has 18 heavy (non-hydrogen) atoms. The first-order valence-corrected chi connectivity index (χ1v) is 6.11. The molecule has 1 aliphatic rings. The lowest BCUT2D eigenvalue weighted by atomic mass is 9.94. The molecule has 0 heterocycles. The second-order valence-electron chi connectivity index (χ2n) is 4.17. The number of carbonyl (C=O) groups is 1. The fourth-order valence-corrected chi connectivity index (χ4v) is 2.46. The highest BCUT2D eigenvalue weighted by molar-refractivity contribution is 9.10. The normalized spacial score (nSPS) is 16.2. The maximum absolute atomic E-state index is 13.8. The molecule has 1 N–H and O–H groups in total. The van der Waals surface area contributed by atoms with Crippen molar-refractivity contribution in [3.8, 4) is 11.5 Å². The monoisotopic (exact) mass is 318 g/mol. The molecule has 98 valence electrons. The maximum Gasteiger partial charge on any atom is 0.314 e. The van der Waals surface area contributed by atoms with Gasteiger partial charge in [0.25, 0.3) is 0 Å². The van der Waals surface area contributed by atoms with Crippen LogP contribution in [0, 0.1) is 5.82 Å². The van der Waals surface area contributed by atoms with Crippen molar-refractivity contribution in [2.45, 2.75) is 18.3 Å². The fraction of sp³-hybridized carbons (Fsp3) is 0.417. The number of aliphatic carboxylic acids is 1. The molecule has 0 atom stereocenters. The van der Waals surface area contributed by atoms with Crippen molar-refractivity contribution in [2.75, 3.05) is 14.2 Å². The number of rotatable bonds is 4. The molecule has 0 aromatic heterocycles. The minimum atomic E-state index is -0.977. The van der Waals surface area contributed by atoms with Crippen molar-refractivity contribution in [2.24, 2.45) is 0 Å². The second kappa shape index (κ2) is 4.42. The lowest BCUT2D eigenvalue weighted by Gasteiger charge is -2.18. The summed E-state index contributed by atoms with van der Waals surface area (Å²) >= 11 is 3.07. The zero-order valence-electron chi connectivity index (χ0n) is 9.92. The Morgan fingerprint density at radius 2 is 1.94 bits per heavy atom. The molecule has 0 spiro atoms. The molecular formula is C12H12BrFO4. The van der Waals surface area contributed by atoms with E-state index < -0.39 is 17.2 Å². The summed E-state index contributed by atoms with van der Waals surface area (Å²) in [6.07, 6.45) is 1.03. The van der Waals surface area contributed by atoms with Crippen molar-refractivity contribution >= 4 is 21.9 Å². The predicted molar refractivity (Wildman–Crippen MR) is 65.8 cm³/mol. The SMILES string of the molecule is COc1c(C2(C(=O)O)CC2)cc(Br)c(F)c1OC.